The van der Waals surface area contributed by atoms with E-state index in [-0.39, 0.29) is 12.2 Å². The summed E-state index contributed by atoms with van der Waals surface area (Å²) in [5.74, 6) is 0.0947. The first-order chi connectivity index (χ1) is 11.5. The number of rotatable bonds is 7. The number of methoxy groups -OCH3 is 1. The lowest BCUT2D eigenvalue weighted by atomic mass is 10.1. The summed E-state index contributed by atoms with van der Waals surface area (Å²) in [6, 6.07) is 7.34. The van der Waals surface area contributed by atoms with E-state index in [0.717, 1.165) is 5.56 Å². The minimum absolute atomic E-state index is 0.290. The lowest BCUT2D eigenvalue weighted by Gasteiger charge is -2.08. The molecule has 7 heteroatoms. The fourth-order valence-electron chi connectivity index (χ4n) is 2.16. The first-order valence-electron chi connectivity index (χ1n) is 7.57. The van der Waals surface area contributed by atoms with Crippen LogP contribution in [0, 0.1) is 6.92 Å². The second-order valence-corrected chi connectivity index (χ2v) is 5.12. The molecule has 0 spiro atoms. The standard InChI is InChI=1S/C17H20N2O5/c1-4-14-16(11(2)24-19-14)17(21)23-10-15(20)18-9-12-6-5-7-13(8-12)22-3/h5-8H,4,9-10H2,1-3H3,(H,18,20). The van der Waals surface area contributed by atoms with Gasteiger partial charge in [-0.3, -0.25) is 4.79 Å². The number of nitrogens with one attached hydrogen (secondary N) is 1. The molecule has 24 heavy (non-hydrogen) atoms. The highest BCUT2D eigenvalue weighted by molar-refractivity contribution is 5.93. The summed E-state index contributed by atoms with van der Waals surface area (Å²) in [5, 5.41) is 6.47. The fraction of sp³-hybridized carbons (Fsp3) is 0.353. The van der Waals surface area contributed by atoms with Gasteiger partial charge < -0.3 is 19.3 Å². The molecule has 1 N–H and O–H groups in total. The Morgan fingerprint density at radius 1 is 1.33 bits per heavy atom. The zero-order valence-electron chi connectivity index (χ0n) is 13.9. The first kappa shape index (κ1) is 17.5. The highest BCUT2D eigenvalue weighted by Gasteiger charge is 2.21. The van der Waals surface area contributed by atoms with Gasteiger partial charge in [0, 0.05) is 6.54 Å². The molecule has 7 nitrogen and oxygen atoms in total. The van der Waals surface area contributed by atoms with E-state index in [1.165, 1.54) is 0 Å². The molecule has 0 radical (unpaired) electrons. The van der Waals surface area contributed by atoms with Crippen molar-refractivity contribution in [1.29, 1.82) is 0 Å². The molecule has 0 aliphatic carbocycles. The van der Waals surface area contributed by atoms with Gasteiger partial charge in [-0.15, -0.1) is 0 Å². The maximum Gasteiger partial charge on any atom is 0.344 e. The number of ether oxygens (including phenoxy) is 2. The van der Waals surface area contributed by atoms with Crippen LogP contribution in [0.25, 0.3) is 0 Å². The molecule has 0 saturated heterocycles. The van der Waals surface area contributed by atoms with Gasteiger partial charge >= 0.3 is 5.97 Å². The quantitative estimate of drug-likeness (QED) is 0.780. The number of amides is 1. The highest BCUT2D eigenvalue weighted by Crippen LogP contribution is 2.15. The summed E-state index contributed by atoms with van der Waals surface area (Å²) in [6.45, 7) is 3.44. The van der Waals surface area contributed by atoms with Crippen molar-refractivity contribution in [2.24, 2.45) is 0 Å². The number of aryl methyl sites for hydroxylation is 2. The largest absolute Gasteiger partial charge is 0.497 e. The number of carbonyl (C=O) groups excluding carboxylic acids is 2. The Morgan fingerprint density at radius 3 is 2.83 bits per heavy atom. The predicted octanol–water partition coefficient (Wildman–Crippen LogP) is 2.03. The Bertz CT molecular complexity index is 724. The van der Waals surface area contributed by atoms with Gasteiger partial charge in [0.25, 0.3) is 5.91 Å². The molecule has 2 rings (SSSR count). The Balaban J connectivity index is 1.84. The zero-order chi connectivity index (χ0) is 17.5. The van der Waals surface area contributed by atoms with Gasteiger partial charge in [0.15, 0.2) is 6.61 Å². The maximum absolute atomic E-state index is 12.0. The first-order valence-corrected chi connectivity index (χ1v) is 7.57. The van der Waals surface area contributed by atoms with Crippen LogP contribution in [0.3, 0.4) is 0 Å². The van der Waals surface area contributed by atoms with Crippen molar-refractivity contribution in [1.82, 2.24) is 10.5 Å². The van der Waals surface area contributed by atoms with Gasteiger partial charge in [-0.2, -0.15) is 0 Å². The lowest BCUT2D eigenvalue weighted by Crippen LogP contribution is -2.28. The van der Waals surface area contributed by atoms with E-state index in [9.17, 15) is 9.59 Å². The van der Waals surface area contributed by atoms with E-state index in [2.05, 4.69) is 10.5 Å². The van der Waals surface area contributed by atoms with Crippen molar-refractivity contribution in [3.63, 3.8) is 0 Å². The van der Waals surface area contributed by atoms with Gasteiger partial charge in [-0.1, -0.05) is 24.2 Å². The number of esters is 1. The number of carbonyl (C=O) groups is 2. The van der Waals surface area contributed by atoms with Gasteiger partial charge in [-0.25, -0.2) is 4.79 Å². The monoisotopic (exact) mass is 332 g/mol. The molecule has 0 aliphatic rings. The van der Waals surface area contributed by atoms with E-state index in [0.29, 0.717) is 30.2 Å². The van der Waals surface area contributed by atoms with Crippen LogP contribution in [0.4, 0.5) is 0 Å². The molecular weight excluding hydrogens is 312 g/mol. The number of hydrogen-bond acceptors (Lipinski definition) is 6. The van der Waals surface area contributed by atoms with Crippen LogP contribution in [0.15, 0.2) is 28.8 Å². The van der Waals surface area contributed by atoms with Crippen molar-refractivity contribution in [3.05, 3.63) is 46.8 Å². The topological polar surface area (TPSA) is 90.7 Å². The van der Waals surface area contributed by atoms with Gasteiger partial charge in [-0.05, 0) is 31.0 Å². The third-order valence-corrected chi connectivity index (χ3v) is 3.43. The van der Waals surface area contributed by atoms with Crippen LogP contribution in [0.5, 0.6) is 5.75 Å². The Morgan fingerprint density at radius 2 is 2.12 bits per heavy atom. The second kappa shape index (κ2) is 8.14. The maximum atomic E-state index is 12.0. The van der Waals surface area contributed by atoms with E-state index >= 15 is 0 Å². The Kier molecular flexibility index (Phi) is 5.95. The summed E-state index contributed by atoms with van der Waals surface area (Å²) in [4.78, 5) is 23.9. The molecular formula is C17H20N2O5. The molecule has 1 aromatic carbocycles. The lowest BCUT2D eigenvalue weighted by molar-refractivity contribution is -0.124. The number of nitrogens with zero attached hydrogens (tertiary/aromatic N) is 1. The average Bonchev–Trinajstić information content (AvgIpc) is 2.98. The van der Waals surface area contributed by atoms with Gasteiger partial charge in [0.2, 0.25) is 0 Å². The Hall–Kier alpha value is -2.83. The smallest absolute Gasteiger partial charge is 0.344 e. The average molecular weight is 332 g/mol. The van der Waals surface area contributed by atoms with Gasteiger partial charge in [0.1, 0.15) is 17.1 Å². The van der Waals surface area contributed by atoms with E-state index in [4.69, 9.17) is 14.0 Å². The van der Waals surface area contributed by atoms with Crippen molar-refractivity contribution in [3.8, 4) is 5.75 Å². The normalized spacial score (nSPS) is 10.3. The summed E-state index contributed by atoms with van der Waals surface area (Å²) < 4.78 is 15.1. The van der Waals surface area contributed by atoms with Crippen LogP contribution in [-0.2, 0) is 22.5 Å². The predicted molar refractivity (Wildman–Crippen MR) is 85.7 cm³/mol. The zero-order valence-corrected chi connectivity index (χ0v) is 13.9. The number of hydrogen-bond donors (Lipinski definition) is 1. The minimum atomic E-state index is -0.609. The molecule has 0 atom stereocenters. The summed E-state index contributed by atoms with van der Waals surface area (Å²) in [6.07, 6.45) is 0.545. The van der Waals surface area contributed by atoms with E-state index < -0.39 is 11.9 Å². The van der Waals surface area contributed by atoms with Crippen molar-refractivity contribution in [2.45, 2.75) is 26.8 Å². The van der Waals surface area contributed by atoms with Crippen molar-refractivity contribution < 1.29 is 23.6 Å². The Labute approximate surface area is 139 Å². The summed E-state index contributed by atoms with van der Waals surface area (Å²) in [5.41, 5.74) is 1.70. The SMILES string of the molecule is CCc1noc(C)c1C(=O)OCC(=O)NCc1cccc(OC)c1. The van der Waals surface area contributed by atoms with Crippen LogP contribution in [0.2, 0.25) is 0 Å². The summed E-state index contributed by atoms with van der Waals surface area (Å²) >= 11 is 0. The van der Waals surface area contributed by atoms with E-state index in [1.54, 1.807) is 14.0 Å². The number of aromatic nitrogens is 1. The molecule has 0 fully saturated rings. The third-order valence-electron chi connectivity index (χ3n) is 3.43. The van der Waals surface area contributed by atoms with E-state index in [1.807, 2.05) is 31.2 Å². The van der Waals surface area contributed by atoms with Gasteiger partial charge in [0.05, 0.1) is 12.8 Å². The molecule has 2 aromatic rings. The van der Waals surface area contributed by atoms with Crippen LogP contribution in [-0.4, -0.2) is 30.7 Å². The molecule has 0 saturated carbocycles. The van der Waals surface area contributed by atoms with Crippen LogP contribution in [0.1, 0.15) is 34.3 Å². The third kappa shape index (κ3) is 4.34. The fourth-order valence-corrected chi connectivity index (χ4v) is 2.16. The molecule has 0 unspecified atom stereocenters. The van der Waals surface area contributed by atoms with Crippen molar-refractivity contribution in [2.75, 3.05) is 13.7 Å². The summed E-state index contributed by atoms with van der Waals surface area (Å²) in [7, 11) is 1.58. The van der Waals surface area contributed by atoms with Crippen LogP contribution < -0.4 is 10.1 Å². The van der Waals surface area contributed by atoms with Crippen LogP contribution >= 0.6 is 0 Å². The second-order valence-electron chi connectivity index (χ2n) is 5.12. The molecule has 0 bridgehead atoms. The molecule has 1 heterocycles. The molecule has 128 valence electrons. The minimum Gasteiger partial charge on any atom is -0.497 e. The molecule has 1 aromatic heterocycles. The molecule has 0 aliphatic heterocycles. The number of benzene rings is 1. The van der Waals surface area contributed by atoms with Crippen molar-refractivity contribution >= 4 is 11.9 Å². The molecule has 1 amide bonds. The highest BCUT2D eigenvalue weighted by atomic mass is 16.5.